The standard InChI is InChI=1S/C24H32N4O3/c1-17-23(18(2)27(4)26-17)25-24(30)19(3)31-22(29)14-11-20-9-12-21(13-10-20)28-15-7-5-6-8-16-28/h9-14,19H,5-8,15-16H2,1-4H3,(H,25,30)/b14-11+/t19-/m1/s1. The number of hydrogen-bond donors (Lipinski definition) is 1. The van der Waals surface area contributed by atoms with E-state index in [1.807, 2.05) is 33.0 Å². The lowest BCUT2D eigenvalue weighted by atomic mass is 10.1. The number of amides is 1. The van der Waals surface area contributed by atoms with E-state index in [0.29, 0.717) is 5.69 Å². The van der Waals surface area contributed by atoms with E-state index in [2.05, 4.69) is 27.4 Å². The summed E-state index contributed by atoms with van der Waals surface area (Å²) in [4.78, 5) is 27.0. The quantitative estimate of drug-likeness (QED) is 0.560. The molecule has 7 nitrogen and oxygen atoms in total. The van der Waals surface area contributed by atoms with Gasteiger partial charge in [0, 0.05) is 31.9 Å². The number of hydrogen-bond acceptors (Lipinski definition) is 5. The molecule has 0 bridgehead atoms. The van der Waals surface area contributed by atoms with Crippen LogP contribution in [-0.2, 0) is 21.4 Å². The maximum atomic E-state index is 12.4. The van der Waals surface area contributed by atoms with Crippen LogP contribution in [0.1, 0.15) is 49.6 Å². The number of esters is 1. The predicted octanol–water partition coefficient (Wildman–Crippen LogP) is 4.00. The Morgan fingerprint density at radius 2 is 1.74 bits per heavy atom. The molecule has 7 heteroatoms. The second kappa shape index (κ2) is 10.3. The summed E-state index contributed by atoms with van der Waals surface area (Å²) in [7, 11) is 1.81. The van der Waals surface area contributed by atoms with E-state index in [-0.39, 0.29) is 5.91 Å². The fourth-order valence-electron chi connectivity index (χ4n) is 3.74. The molecule has 1 aromatic heterocycles. The number of carbonyl (C=O) groups is 2. The zero-order valence-electron chi connectivity index (χ0n) is 18.9. The summed E-state index contributed by atoms with van der Waals surface area (Å²) in [6.45, 7) is 7.44. The molecule has 1 saturated heterocycles. The van der Waals surface area contributed by atoms with Gasteiger partial charge in [-0.1, -0.05) is 25.0 Å². The van der Waals surface area contributed by atoms with E-state index in [1.165, 1.54) is 37.4 Å². The Bertz CT molecular complexity index is 938. The number of ether oxygens (including phenoxy) is 1. The van der Waals surface area contributed by atoms with Gasteiger partial charge >= 0.3 is 5.97 Å². The van der Waals surface area contributed by atoms with Crippen LogP contribution in [0.5, 0.6) is 0 Å². The summed E-state index contributed by atoms with van der Waals surface area (Å²) < 4.78 is 6.95. The van der Waals surface area contributed by atoms with Crippen molar-refractivity contribution in [2.24, 2.45) is 7.05 Å². The summed E-state index contributed by atoms with van der Waals surface area (Å²) in [6.07, 6.45) is 7.22. The number of anilines is 2. The first-order chi connectivity index (χ1) is 14.8. The molecule has 0 unspecified atom stereocenters. The lowest BCUT2D eigenvalue weighted by Crippen LogP contribution is -2.29. The van der Waals surface area contributed by atoms with Gasteiger partial charge in [-0.15, -0.1) is 0 Å². The number of aryl methyl sites for hydroxylation is 2. The van der Waals surface area contributed by atoms with Gasteiger partial charge < -0.3 is 15.0 Å². The fraction of sp³-hybridized carbons (Fsp3) is 0.458. The lowest BCUT2D eigenvalue weighted by molar-refractivity contribution is -0.148. The third-order valence-corrected chi connectivity index (χ3v) is 5.70. The van der Waals surface area contributed by atoms with E-state index < -0.39 is 12.1 Å². The van der Waals surface area contributed by atoms with Crippen molar-refractivity contribution in [1.29, 1.82) is 0 Å². The first-order valence-corrected chi connectivity index (χ1v) is 10.9. The predicted molar refractivity (Wildman–Crippen MR) is 123 cm³/mol. The van der Waals surface area contributed by atoms with Gasteiger partial charge in [0.2, 0.25) is 0 Å². The van der Waals surface area contributed by atoms with Gasteiger partial charge in [-0.05, 0) is 57.4 Å². The molecule has 1 fully saturated rings. The van der Waals surface area contributed by atoms with Crippen LogP contribution in [0.25, 0.3) is 6.08 Å². The van der Waals surface area contributed by atoms with Crippen molar-refractivity contribution < 1.29 is 14.3 Å². The molecule has 31 heavy (non-hydrogen) atoms. The molecule has 1 aromatic carbocycles. The highest BCUT2D eigenvalue weighted by atomic mass is 16.5. The molecule has 0 spiro atoms. The summed E-state index contributed by atoms with van der Waals surface area (Å²) >= 11 is 0. The Morgan fingerprint density at radius 1 is 1.10 bits per heavy atom. The van der Waals surface area contributed by atoms with Gasteiger partial charge in [0.1, 0.15) is 0 Å². The Labute approximate surface area is 184 Å². The maximum absolute atomic E-state index is 12.4. The van der Waals surface area contributed by atoms with Crippen LogP contribution in [0.4, 0.5) is 11.4 Å². The Balaban J connectivity index is 1.52. The van der Waals surface area contributed by atoms with Gasteiger partial charge in [-0.2, -0.15) is 5.10 Å². The van der Waals surface area contributed by atoms with Crippen LogP contribution >= 0.6 is 0 Å². The zero-order chi connectivity index (χ0) is 22.4. The number of rotatable bonds is 6. The molecule has 0 aliphatic carbocycles. The number of aromatic nitrogens is 2. The second-order valence-electron chi connectivity index (χ2n) is 8.06. The van der Waals surface area contributed by atoms with Gasteiger partial charge in [-0.3, -0.25) is 9.48 Å². The Morgan fingerprint density at radius 3 is 2.32 bits per heavy atom. The van der Waals surface area contributed by atoms with E-state index in [9.17, 15) is 9.59 Å². The normalized spacial score (nSPS) is 15.5. The van der Waals surface area contributed by atoms with Crippen LogP contribution in [0.15, 0.2) is 30.3 Å². The highest BCUT2D eigenvalue weighted by molar-refractivity contribution is 5.97. The Hall–Kier alpha value is -3.09. The van der Waals surface area contributed by atoms with E-state index in [1.54, 1.807) is 17.7 Å². The van der Waals surface area contributed by atoms with Crippen molar-refractivity contribution >= 4 is 29.3 Å². The zero-order valence-corrected chi connectivity index (χ0v) is 18.9. The van der Waals surface area contributed by atoms with Gasteiger partial charge in [0.15, 0.2) is 6.10 Å². The van der Waals surface area contributed by atoms with E-state index in [4.69, 9.17) is 4.74 Å². The summed E-state index contributed by atoms with van der Waals surface area (Å²) in [5, 5.41) is 7.06. The first kappa shape index (κ1) is 22.6. The van der Waals surface area contributed by atoms with Crippen LogP contribution in [-0.4, -0.2) is 40.9 Å². The minimum atomic E-state index is -0.915. The fourth-order valence-corrected chi connectivity index (χ4v) is 3.74. The molecule has 1 atom stereocenters. The van der Waals surface area contributed by atoms with Gasteiger partial charge in [0.05, 0.1) is 17.1 Å². The van der Waals surface area contributed by atoms with E-state index in [0.717, 1.165) is 30.0 Å². The van der Waals surface area contributed by atoms with Crippen molar-refractivity contribution in [3.8, 4) is 0 Å². The SMILES string of the molecule is Cc1nn(C)c(C)c1NC(=O)[C@@H](C)OC(=O)/C=C/c1ccc(N2CCCCCC2)cc1. The molecule has 1 aliphatic rings. The van der Waals surface area contributed by atoms with Crippen molar-refractivity contribution in [3.05, 3.63) is 47.3 Å². The average Bonchev–Trinajstić information content (AvgIpc) is 2.95. The molecule has 2 aromatic rings. The molecule has 0 saturated carbocycles. The van der Waals surface area contributed by atoms with Gasteiger partial charge in [0.25, 0.3) is 5.91 Å². The van der Waals surface area contributed by atoms with Crippen molar-refractivity contribution in [1.82, 2.24) is 9.78 Å². The molecule has 166 valence electrons. The third kappa shape index (κ3) is 5.96. The minimum absolute atomic E-state index is 0.386. The third-order valence-electron chi connectivity index (χ3n) is 5.70. The second-order valence-corrected chi connectivity index (χ2v) is 8.06. The largest absolute Gasteiger partial charge is 0.449 e. The smallest absolute Gasteiger partial charge is 0.331 e. The van der Waals surface area contributed by atoms with E-state index >= 15 is 0 Å². The Kier molecular flexibility index (Phi) is 7.50. The summed E-state index contributed by atoms with van der Waals surface area (Å²) in [5.74, 6) is -0.943. The monoisotopic (exact) mass is 424 g/mol. The number of carbonyl (C=O) groups excluding carboxylic acids is 2. The molecule has 2 heterocycles. The summed E-state index contributed by atoms with van der Waals surface area (Å²) in [5.41, 5.74) is 4.33. The van der Waals surface area contributed by atoms with Gasteiger partial charge in [-0.25, -0.2) is 4.79 Å². The lowest BCUT2D eigenvalue weighted by Gasteiger charge is -2.22. The van der Waals surface area contributed by atoms with Crippen LogP contribution in [0.3, 0.4) is 0 Å². The summed E-state index contributed by atoms with van der Waals surface area (Å²) in [6, 6.07) is 8.16. The first-order valence-electron chi connectivity index (χ1n) is 10.9. The number of nitrogens with zero attached hydrogens (tertiary/aromatic N) is 3. The number of benzene rings is 1. The molecule has 0 radical (unpaired) electrons. The average molecular weight is 425 g/mol. The molecular formula is C24H32N4O3. The molecule has 1 N–H and O–H groups in total. The molecular weight excluding hydrogens is 392 g/mol. The topological polar surface area (TPSA) is 76.5 Å². The molecule has 3 rings (SSSR count). The van der Waals surface area contributed by atoms with Crippen molar-refractivity contribution in [2.75, 3.05) is 23.3 Å². The van der Waals surface area contributed by atoms with Crippen LogP contribution in [0.2, 0.25) is 0 Å². The highest BCUT2D eigenvalue weighted by Crippen LogP contribution is 2.21. The molecule has 1 aliphatic heterocycles. The van der Waals surface area contributed by atoms with Crippen molar-refractivity contribution in [2.45, 2.75) is 52.6 Å². The molecule has 1 amide bonds. The van der Waals surface area contributed by atoms with Crippen molar-refractivity contribution in [3.63, 3.8) is 0 Å². The van der Waals surface area contributed by atoms with Crippen LogP contribution < -0.4 is 10.2 Å². The minimum Gasteiger partial charge on any atom is -0.449 e. The highest BCUT2D eigenvalue weighted by Gasteiger charge is 2.20. The van der Waals surface area contributed by atoms with Crippen LogP contribution in [0, 0.1) is 13.8 Å². The number of nitrogens with one attached hydrogen (secondary N) is 1. The maximum Gasteiger partial charge on any atom is 0.331 e.